The Hall–Kier alpha value is -1.85. The maximum atomic E-state index is 13.2. The van der Waals surface area contributed by atoms with Gasteiger partial charge < -0.3 is 4.98 Å². The number of thioether (sulfide) groups is 1. The summed E-state index contributed by atoms with van der Waals surface area (Å²) in [5, 5.41) is 1.16. The van der Waals surface area contributed by atoms with Crippen LogP contribution in [0.2, 0.25) is 0 Å². The van der Waals surface area contributed by atoms with Crippen LogP contribution in [0.1, 0.15) is 5.56 Å². The number of aromatic nitrogens is 2. The molecule has 3 heterocycles. The van der Waals surface area contributed by atoms with E-state index in [2.05, 4.69) is 20.9 Å². The Morgan fingerprint density at radius 2 is 1.91 bits per heavy atom. The molecule has 1 saturated heterocycles. The summed E-state index contributed by atoms with van der Waals surface area (Å²) in [4.78, 5) is 10.4. The zero-order valence-electron chi connectivity index (χ0n) is 12.8. The first-order chi connectivity index (χ1) is 11.3. The molecule has 3 aromatic rings. The number of hydrogen-bond donors (Lipinski definition) is 1. The molecule has 0 amide bonds. The zero-order chi connectivity index (χ0) is 15.6. The van der Waals surface area contributed by atoms with Crippen molar-refractivity contribution in [2.75, 3.05) is 24.6 Å². The molecule has 0 unspecified atom stereocenters. The van der Waals surface area contributed by atoms with Gasteiger partial charge in [0.25, 0.3) is 0 Å². The summed E-state index contributed by atoms with van der Waals surface area (Å²) in [6.07, 6.45) is 1.80. The van der Waals surface area contributed by atoms with Crippen LogP contribution in [0, 0.1) is 5.82 Å². The van der Waals surface area contributed by atoms with Crippen LogP contribution < -0.4 is 0 Å². The average molecular weight is 327 g/mol. The second kappa shape index (κ2) is 6.34. The van der Waals surface area contributed by atoms with Gasteiger partial charge in [-0.25, -0.2) is 9.37 Å². The van der Waals surface area contributed by atoms with Crippen LogP contribution in [0.3, 0.4) is 0 Å². The lowest BCUT2D eigenvalue weighted by atomic mass is 10.1. The third-order valence-corrected chi connectivity index (χ3v) is 5.24. The van der Waals surface area contributed by atoms with Crippen molar-refractivity contribution in [1.29, 1.82) is 0 Å². The average Bonchev–Trinajstić information content (AvgIpc) is 2.95. The zero-order valence-corrected chi connectivity index (χ0v) is 13.6. The monoisotopic (exact) mass is 327 g/mol. The van der Waals surface area contributed by atoms with E-state index in [0.29, 0.717) is 0 Å². The molecule has 5 heteroatoms. The summed E-state index contributed by atoms with van der Waals surface area (Å²) in [6, 6.07) is 10.8. The summed E-state index contributed by atoms with van der Waals surface area (Å²) in [7, 11) is 0. The minimum atomic E-state index is -0.211. The van der Waals surface area contributed by atoms with Gasteiger partial charge in [0, 0.05) is 48.3 Å². The van der Waals surface area contributed by atoms with E-state index in [1.165, 1.54) is 29.2 Å². The van der Waals surface area contributed by atoms with Gasteiger partial charge in [-0.05, 0) is 42.0 Å². The van der Waals surface area contributed by atoms with E-state index >= 15 is 0 Å². The van der Waals surface area contributed by atoms with Gasteiger partial charge >= 0.3 is 0 Å². The molecule has 4 rings (SSSR count). The van der Waals surface area contributed by atoms with E-state index < -0.39 is 0 Å². The van der Waals surface area contributed by atoms with Crippen molar-refractivity contribution in [2.45, 2.75) is 6.54 Å². The topological polar surface area (TPSA) is 31.9 Å². The van der Waals surface area contributed by atoms with Crippen LogP contribution in [-0.2, 0) is 6.54 Å². The van der Waals surface area contributed by atoms with E-state index in [0.717, 1.165) is 41.9 Å². The Kier molecular flexibility index (Phi) is 4.06. The predicted octanol–water partition coefficient (Wildman–Crippen LogP) is 3.92. The Balaban J connectivity index is 1.79. The molecule has 1 fully saturated rings. The van der Waals surface area contributed by atoms with Crippen LogP contribution in [0.4, 0.5) is 4.39 Å². The Labute approximate surface area is 138 Å². The standard InChI is InChI=1S/C18H18FN3S/c19-14-5-3-13(4-6-14)17-16(12-22-8-10-23-11-9-22)15-2-1-7-20-18(15)21-17/h1-7H,8-12H2,(H,20,21). The highest BCUT2D eigenvalue weighted by molar-refractivity contribution is 7.99. The fourth-order valence-electron chi connectivity index (χ4n) is 3.09. The Morgan fingerprint density at radius 1 is 1.13 bits per heavy atom. The van der Waals surface area contributed by atoms with Crippen LogP contribution in [0.5, 0.6) is 0 Å². The first-order valence-corrected chi connectivity index (χ1v) is 8.98. The van der Waals surface area contributed by atoms with Crippen molar-refractivity contribution in [2.24, 2.45) is 0 Å². The number of fused-ring (bicyclic) bond motifs is 1. The van der Waals surface area contributed by atoms with Gasteiger partial charge in [-0.3, -0.25) is 4.90 Å². The second-order valence-corrected chi connectivity index (χ2v) is 7.00. The predicted molar refractivity (Wildman–Crippen MR) is 94.1 cm³/mol. The summed E-state index contributed by atoms with van der Waals surface area (Å²) < 4.78 is 13.2. The van der Waals surface area contributed by atoms with E-state index in [4.69, 9.17) is 0 Å². The third-order valence-electron chi connectivity index (χ3n) is 4.30. The molecule has 23 heavy (non-hydrogen) atoms. The molecule has 0 spiro atoms. The third kappa shape index (κ3) is 2.99. The highest BCUT2D eigenvalue weighted by Gasteiger charge is 2.18. The molecule has 1 aliphatic heterocycles. The molecular weight excluding hydrogens is 309 g/mol. The molecule has 0 bridgehead atoms. The molecule has 1 aliphatic rings. The molecule has 3 nitrogen and oxygen atoms in total. The van der Waals surface area contributed by atoms with Crippen LogP contribution in [-0.4, -0.2) is 39.5 Å². The first-order valence-electron chi connectivity index (χ1n) is 7.83. The van der Waals surface area contributed by atoms with Crippen molar-refractivity contribution in [1.82, 2.24) is 14.9 Å². The van der Waals surface area contributed by atoms with Crippen LogP contribution in [0.15, 0.2) is 42.6 Å². The number of pyridine rings is 1. The molecule has 0 aliphatic carbocycles. The molecule has 0 saturated carbocycles. The lowest BCUT2D eigenvalue weighted by Gasteiger charge is -2.26. The molecule has 0 atom stereocenters. The number of halogens is 1. The van der Waals surface area contributed by atoms with Crippen molar-refractivity contribution in [3.8, 4) is 11.3 Å². The number of rotatable bonds is 3. The second-order valence-electron chi connectivity index (χ2n) is 5.77. The molecule has 118 valence electrons. The molecule has 2 aromatic heterocycles. The summed E-state index contributed by atoms with van der Waals surface area (Å²) >= 11 is 2.01. The van der Waals surface area contributed by atoms with Crippen molar-refractivity contribution < 1.29 is 4.39 Å². The quantitative estimate of drug-likeness (QED) is 0.791. The lowest BCUT2D eigenvalue weighted by Crippen LogP contribution is -2.32. The van der Waals surface area contributed by atoms with Gasteiger partial charge in [-0.1, -0.05) is 0 Å². The minimum Gasteiger partial charge on any atom is -0.339 e. The van der Waals surface area contributed by atoms with Gasteiger partial charge in [-0.15, -0.1) is 0 Å². The molecule has 1 N–H and O–H groups in total. The van der Waals surface area contributed by atoms with E-state index in [9.17, 15) is 4.39 Å². The first kappa shape index (κ1) is 14.7. The number of benzene rings is 1. The van der Waals surface area contributed by atoms with E-state index in [-0.39, 0.29) is 5.82 Å². The summed E-state index contributed by atoms with van der Waals surface area (Å²) in [5.74, 6) is 2.16. The van der Waals surface area contributed by atoms with Gasteiger partial charge in [0.1, 0.15) is 11.5 Å². The normalized spacial score (nSPS) is 16.0. The summed E-state index contributed by atoms with van der Waals surface area (Å²) in [5.41, 5.74) is 4.21. The van der Waals surface area contributed by atoms with E-state index in [1.807, 2.05) is 30.0 Å². The number of H-pyrrole nitrogens is 1. The minimum absolute atomic E-state index is 0.211. The van der Waals surface area contributed by atoms with Crippen molar-refractivity contribution in [3.63, 3.8) is 0 Å². The Bertz CT molecular complexity index is 807. The lowest BCUT2D eigenvalue weighted by molar-refractivity contribution is 0.296. The fraction of sp³-hybridized carbons (Fsp3) is 0.278. The smallest absolute Gasteiger partial charge is 0.138 e. The maximum Gasteiger partial charge on any atom is 0.138 e. The molecule has 1 aromatic carbocycles. The van der Waals surface area contributed by atoms with Crippen molar-refractivity contribution in [3.05, 3.63) is 54.0 Å². The van der Waals surface area contributed by atoms with Gasteiger partial charge in [-0.2, -0.15) is 11.8 Å². The highest BCUT2D eigenvalue weighted by atomic mass is 32.2. The number of hydrogen-bond acceptors (Lipinski definition) is 3. The molecular formula is C18H18FN3S. The number of nitrogens with zero attached hydrogens (tertiary/aromatic N) is 2. The highest BCUT2D eigenvalue weighted by Crippen LogP contribution is 2.31. The van der Waals surface area contributed by atoms with Gasteiger partial charge in [0.05, 0.1) is 5.69 Å². The van der Waals surface area contributed by atoms with Crippen LogP contribution in [0.25, 0.3) is 22.3 Å². The van der Waals surface area contributed by atoms with Crippen LogP contribution >= 0.6 is 11.8 Å². The SMILES string of the molecule is Fc1ccc(-c2[nH]c3ncccc3c2CN2CCSCC2)cc1. The van der Waals surface area contributed by atoms with Gasteiger partial charge in [0.2, 0.25) is 0 Å². The van der Waals surface area contributed by atoms with Gasteiger partial charge in [0.15, 0.2) is 0 Å². The maximum absolute atomic E-state index is 13.2. The summed E-state index contributed by atoms with van der Waals surface area (Å²) in [6.45, 7) is 3.12. The van der Waals surface area contributed by atoms with E-state index in [1.54, 1.807) is 6.20 Å². The fourth-order valence-corrected chi connectivity index (χ4v) is 4.07. The number of nitrogens with one attached hydrogen (secondary N) is 1. The largest absolute Gasteiger partial charge is 0.339 e. The number of aromatic amines is 1. The molecule has 0 radical (unpaired) electrons. The Morgan fingerprint density at radius 3 is 2.70 bits per heavy atom. The van der Waals surface area contributed by atoms with Crippen molar-refractivity contribution >= 4 is 22.8 Å².